The molecule has 0 saturated heterocycles. The third-order valence-corrected chi connectivity index (χ3v) is 7.09. The molecule has 5 rings (SSSR count). The predicted octanol–water partition coefficient (Wildman–Crippen LogP) is 5.55. The summed E-state index contributed by atoms with van der Waals surface area (Å²) in [5.41, 5.74) is 7.13. The molecule has 2 aromatic carbocycles. The van der Waals surface area contributed by atoms with Crippen molar-refractivity contribution in [3.8, 4) is 0 Å². The second-order valence-electron chi connectivity index (χ2n) is 8.90. The standard InChI is InChI=1S/C28H31N3/c1-29-28(17-9-12-22-10-3-2-4-11-22)18-16-27-25(20-28)24-14-5-6-15-26(24)31(27)21-23-13-7-8-19-30-23/h2-8,10-11,13-15,19,29H,9,12,16-18,20-21H2,1H3. The van der Waals surface area contributed by atoms with Gasteiger partial charge in [0, 0.05) is 28.3 Å². The number of aryl methyl sites for hydroxylation is 1. The van der Waals surface area contributed by atoms with Crippen LogP contribution in [0, 0.1) is 0 Å². The van der Waals surface area contributed by atoms with Crippen LogP contribution in [0.15, 0.2) is 79.0 Å². The van der Waals surface area contributed by atoms with E-state index in [0.717, 1.165) is 31.5 Å². The Labute approximate surface area is 185 Å². The smallest absolute Gasteiger partial charge is 0.0651 e. The number of hydrogen-bond donors (Lipinski definition) is 1. The van der Waals surface area contributed by atoms with Crippen molar-refractivity contribution in [2.45, 2.75) is 50.6 Å². The van der Waals surface area contributed by atoms with Crippen LogP contribution in [0.4, 0.5) is 0 Å². The minimum atomic E-state index is 0.182. The molecule has 158 valence electrons. The fourth-order valence-corrected chi connectivity index (χ4v) is 5.36. The van der Waals surface area contributed by atoms with Gasteiger partial charge in [0.25, 0.3) is 0 Å². The Morgan fingerprint density at radius 1 is 0.968 bits per heavy atom. The zero-order chi connectivity index (χ0) is 21.1. The van der Waals surface area contributed by atoms with Gasteiger partial charge in [0.05, 0.1) is 12.2 Å². The van der Waals surface area contributed by atoms with E-state index in [1.54, 1.807) is 0 Å². The monoisotopic (exact) mass is 409 g/mol. The summed E-state index contributed by atoms with van der Waals surface area (Å²) in [5, 5.41) is 5.16. The number of para-hydroxylation sites is 1. The van der Waals surface area contributed by atoms with Gasteiger partial charge in [-0.3, -0.25) is 4.98 Å². The van der Waals surface area contributed by atoms with Crippen molar-refractivity contribution >= 4 is 10.9 Å². The van der Waals surface area contributed by atoms with Crippen LogP contribution in [0.5, 0.6) is 0 Å². The highest BCUT2D eigenvalue weighted by atomic mass is 15.0. The van der Waals surface area contributed by atoms with Gasteiger partial charge in [-0.05, 0) is 74.9 Å². The molecular formula is C28H31N3. The lowest BCUT2D eigenvalue weighted by Crippen LogP contribution is -2.47. The van der Waals surface area contributed by atoms with Crippen LogP contribution in [0.1, 0.15) is 41.8 Å². The number of aromatic nitrogens is 2. The fourth-order valence-electron chi connectivity index (χ4n) is 5.36. The number of benzene rings is 2. The van der Waals surface area contributed by atoms with E-state index in [0.29, 0.717) is 0 Å². The Hall–Kier alpha value is -2.91. The number of fused-ring (bicyclic) bond motifs is 3. The maximum Gasteiger partial charge on any atom is 0.0651 e. The maximum absolute atomic E-state index is 4.59. The summed E-state index contributed by atoms with van der Waals surface area (Å²) in [4.78, 5) is 4.59. The van der Waals surface area contributed by atoms with Gasteiger partial charge in [0.15, 0.2) is 0 Å². The van der Waals surface area contributed by atoms with Crippen molar-refractivity contribution in [3.63, 3.8) is 0 Å². The largest absolute Gasteiger partial charge is 0.338 e. The van der Waals surface area contributed by atoms with Crippen molar-refractivity contribution in [2.75, 3.05) is 7.05 Å². The third kappa shape index (κ3) is 4.03. The molecule has 4 aromatic rings. The highest BCUT2D eigenvalue weighted by molar-refractivity contribution is 5.86. The van der Waals surface area contributed by atoms with Gasteiger partial charge in [0.1, 0.15) is 0 Å². The predicted molar refractivity (Wildman–Crippen MR) is 128 cm³/mol. The zero-order valence-corrected chi connectivity index (χ0v) is 18.3. The average molecular weight is 410 g/mol. The molecule has 0 amide bonds. The molecule has 1 aliphatic rings. The molecule has 0 radical (unpaired) electrons. The van der Waals surface area contributed by atoms with Crippen LogP contribution in [0.2, 0.25) is 0 Å². The van der Waals surface area contributed by atoms with Gasteiger partial charge in [-0.2, -0.15) is 0 Å². The minimum absolute atomic E-state index is 0.182. The SMILES string of the molecule is CNC1(CCCc2ccccc2)CCc2c(c3ccccc3n2Cc2ccccn2)C1. The summed E-state index contributed by atoms with van der Waals surface area (Å²) in [6.07, 6.45) is 8.87. The maximum atomic E-state index is 4.59. The van der Waals surface area contributed by atoms with E-state index in [2.05, 4.69) is 88.6 Å². The lowest BCUT2D eigenvalue weighted by Gasteiger charge is -2.38. The molecular weight excluding hydrogens is 378 g/mol. The van der Waals surface area contributed by atoms with Gasteiger partial charge in [-0.1, -0.05) is 54.6 Å². The Morgan fingerprint density at radius 2 is 1.77 bits per heavy atom. The Bertz CT molecular complexity index is 1150. The first-order valence-electron chi connectivity index (χ1n) is 11.5. The Morgan fingerprint density at radius 3 is 2.58 bits per heavy atom. The first-order valence-corrected chi connectivity index (χ1v) is 11.5. The zero-order valence-electron chi connectivity index (χ0n) is 18.3. The van der Waals surface area contributed by atoms with Crippen LogP contribution in [-0.4, -0.2) is 22.1 Å². The van der Waals surface area contributed by atoms with Crippen LogP contribution in [-0.2, 0) is 25.8 Å². The third-order valence-electron chi connectivity index (χ3n) is 7.09. The second-order valence-corrected chi connectivity index (χ2v) is 8.90. The van der Waals surface area contributed by atoms with Crippen LogP contribution < -0.4 is 5.32 Å². The molecule has 0 saturated carbocycles. The number of rotatable bonds is 7. The topological polar surface area (TPSA) is 29.9 Å². The summed E-state index contributed by atoms with van der Waals surface area (Å²) < 4.78 is 2.51. The Kier molecular flexibility index (Phi) is 5.61. The molecule has 1 unspecified atom stereocenters. The van der Waals surface area contributed by atoms with Gasteiger partial charge < -0.3 is 9.88 Å². The Balaban J connectivity index is 1.42. The lowest BCUT2D eigenvalue weighted by molar-refractivity contribution is 0.276. The molecule has 1 N–H and O–H groups in total. The molecule has 1 aliphatic carbocycles. The van der Waals surface area contributed by atoms with Crippen molar-refractivity contribution in [3.05, 3.63) is 102 Å². The molecule has 3 nitrogen and oxygen atoms in total. The first-order chi connectivity index (χ1) is 15.3. The van der Waals surface area contributed by atoms with Crippen LogP contribution in [0.25, 0.3) is 10.9 Å². The number of nitrogens with zero attached hydrogens (tertiary/aromatic N) is 2. The summed E-state index contributed by atoms with van der Waals surface area (Å²) in [7, 11) is 2.15. The van der Waals surface area contributed by atoms with Crippen molar-refractivity contribution in [2.24, 2.45) is 0 Å². The summed E-state index contributed by atoms with van der Waals surface area (Å²) >= 11 is 0. The number of pyridine rings is 1. The lowest BCUT2D eigenvalue weighted by atomic mass is 9.76. The first kappa shape index (κ1) is 20.0. The van der Waals surface area contributed by atoms with Crippen LogP contribution in [0.3, 0.4) is 0 Å². The molecule has 3 heteroatoms. The van der Waals surface area contributed by atoms with E-state index < -0.39 is 0 Å². The molecule has 1 atom stereocenters. The highest BCUT2D eigenvalue weighted by Crippen LogP contribution is 2.38. The molecule has 0 bridgehead atoms. The van der Waals surface area contributed by atoms with Crippen molar-refractivity contribution < 1.29 is 0 Å². The molecule has 2 heterocycles. The van der Waals surface area contributed by atoms with E-state index in [1.165, 1.54) is 47.0 Å². The molecule has 0 aliphatic heterocycles. The second kappa shape index (κ2) is 8.68. The van der Waals surface area contributed by atoms with Gasteiger partial charge in [-0.25, -0.2) is 0 Å². The van der Waals surface area contributed by atoms with E-state index in [9.17, 15) is 0 Å². The molecule has 0 fully saturated rings. The van der Waals surface area contributed by atoms with Gasteiger partial charge in [0.2, 0.25) is 0 Å². The van der Waals surface area contributed by atoms with Gasteiger partial charge in [-0.15, -0.1) is 0 Å². The number of likely N-dealkylation sites (N-methyl/N-ethyl adjacent to an activating group) is 1. The summed E-state index contributed by atoms with van der Waals surface area (Å²) in [5.74, 6) is 0. The highest BCUT2D eigenvalue weighted by Gasteiger charge is 2.35. The number of nitrogens with one attached hydrogen (secondary N) is 1. The quantitative estimate of drug-likeness (QED) is 0.433. The summed E-state index contributed by atoms with van der Waals surface area (Å²) in [6.45, 7) is 0.844. The molecule has 2 aromatic heterocycles. The average Bonchev–Trinajstić information content (AvgIpc) is 3.13. The van der Waals surface area contributed by atoms with Crippen molar-refractivity contribution in [1.29, 1.82) is 0 Å². The molecule has 0 spiro atoms. The van der Waals surface area contributed by atoms with E-state index in [1.807, 2.05) is 12.3 Å². The molecule has 31 heavy (non-hydrogen) atoms. The van der Waals surface area contributed by atoms with Gasteiger partial charge >= 0.3 is 0 Å². The van der Waals surface area contributed by atoms with E-state index in [-0.39, 0.29) is 5.54 Å². The van der Waals surface area contributed by atoms with Crippen molar-refractivity contribution in [1.82, 2.24) is 14.9 Å². The van der Waals surface area contributed by atoms with E-state index >= 15 is 0 Å². The minimum Gasteiger partial charge on any atom is -0.338 e. The number of hydrogen-bond acceptors (Lipinski definition) is 2. The normalized spacial score (nSPS) is 18.2. The van der Waals surface area contributed by atoms with E-state index in [4.69, 9.17) is 0 Å². The summed E-state index contributed by atoms with van der Waals surface area (Å²) in [6, 6.07) is 26.0. The fraction of sp³-hybridized carbons (Fsp3) is 0.321. The van der Waals surface area contributed by atoms with Crippen LogP contribution >= 0.6 is 0 Å².